The maximum absolute atomic E-state index is 5.54. The fraction of sp³-hybridized carbons (Fsp3) is 0.375. The molecular weight excluding hydrogens is 292 g/mol. The minimum Gasteiger partial charge on any atom is -0.337 e. The largest absolute Gasteiger partial charge is 0.337 e. The average molecular weight is 310 g/mol. The molecule has 0 N–H and O–H groups in total. The monoisotopic (exact) mass is 310 g/mol. The van der Waals surface area contributed by atoms with Crippen molar-refractivity contribution >= 4 is 11.6 Å². The molecule has 0 fully saturated rings. The first-order valence-electron chi connectivity index (χ1n) is 7.88. The van der Waals surface area contributed by atoms with Gasteiger partial charge in [-0.3, -0.25) is 4.68 Å². The molecule has 7 nitrogen and oxygen atoms in total. The maximum Gasteiger partial charge on any atom is 0.270 e. The van der Waals surface area contributed by atoms with Crippen LogP contribution in [0.4, 0.5) is 11.6 Å². The van der Waals surface area contributed by atoms with Gasteiger partial charge in [0.15, 0.2) is 0 Å². The van der Waals surface area contributed by atoms with E-state index in [1.807, 2.05) is 39.9 Å². The molecule has 23 heavy (non-hydrogen) atoms. The molecule has 2 aromatic heterocycles. The summed E-state index contributed by atoms with van der Waals surface area (Å²) in [7, 11) is 0. The molecule has 0 bridgehead atoms. The normalized spacial score (nSPS) is 17.0. The zero-order valence-corrected chi connectivity index (χ0v) is 13.0. The molecule has 7 heteroatoms. The number of hydrogen-bond donors (Lipinski definition) is 0. The lowest BCUT2D eigenvalue weighted by Crippen LogP contribution is -2.20. The Morgan fingerprint density at radius 2 is 2.17 bits per heavy atom. The molecule has 0 saturated carbocycles. The van der Waals surface area contributed by atoms with Gasteiger partial charge >= 0.3 is 0 Å². The second-order valence-corrected chi connectivity index (χ2v) is 5.60. The molecule has 0 radical (unpaired) electrons. The van der Waals surface area contributed by atoms with Crippen LogP contribution in [0, 0.1) is 0 Å². The highest BCUT2D eigenvalue weighted by Gasteiger charge is 2.27. The summed E-state index contributed by atoms with van der Waals surface area (Å²) in [5.74, 6) is 2.49. The number of para-hydroxylation sites is 1. The quantitative estimate of drug-likeness (QED) is 0.737. The van der Waals surface area contributed by atoms with E-state index in [2.05, 4.69) is 27.1 Å². The topological polar surface area (TPSA) is 72.9 Å². The van der Waals surface area contributed by atoms with Gasteiger partial charge in [0, 0.05) is 31.1 Å². The summed E-state index contributed by atoms with van der Waals surface area (Å²) < 4.78 is 7.48. The van der Waals surface area contributed by atoms with Crippen LogP contribution in [0.25, 0.3) is 0 Å². The van der Waals surface area contributed by atoms with Crippen molar-refractivity contribution in [3.8, 4) is 0 Å². The van der Waals surface area contributed by atoms with Crippen molar-refractivity contribution in [2.24, 2.45) is 0 Å². The smallest absolute Gasteiger partial charge is 0.270 e. The van der Waals surface area contributed by atoms with Crippen molar-refractivity contribution in [2.75, 3.05) is 11.4 Å². The Morgan fingerprint density at radius 3 is 3.00 bits per heavy atom. The Morgan fingerprint density at radius 1 is 1.30 bits per heavy atom. The molecule has 3 aromatic rings. The van der Waals surface area contributed by atoms with Gasteiger partial charge in [-0.05, 0) is 30.6 Å². The molecule has 4 rings (SSSR count). The van der Waals surface area contributed by atoms with Crippen LogP contribution in [0.2, 0.25) is 0 Å². The summed E-state index contributed by atoms with van der Waals surface area (Å²) in [5, 5.41) is 8.38. The summed E-state index contributed by atoms with van der Waals surface area (Å²) in [5.41, 5.74) is 1.06. The van der Waals surface area contributed by atoms with Crippen molar-refractivity contribution in [1.82, 2.24) is 24.9 Å². The Bertz CT molecular complexity index is 781. The predicted octanol–water partition coefficient (Wildman–Crippen LogP) is 2.55. The lowest BCUT2D eigenvalue weighted by molar-refractivity contribution is 0.317. The standard InChI is InChI=1S/C16H18N6O/c1-2-21(13-6-4-3-5-7-13)16-19-15(23-20-16)12-8-9-22-14(10-12)17-11-18-22/h3-7,11-12H,2,8-10H2,1H3. The average Bonchev–Trinajstić information content (AvgIpc) is 3.25. The van der Waals surface area contributed by atoms with Crippen molar-refractivity contribution in [1.29, 1.82) is 0 Å². The van der Waals surface area contributed by atoms with Crippen molar-refractivity contribution < 1.29 is 4.52 Å². The molecular formula is C16H18N6O. The van der Waals surface area contributed by atoms with Gasteiger partial charge in [0.25, 0.3) is 5.95 Å². The second-order valence-electron chi connectivity index (χ2n) is 5.60. The summed E-state index contributed by atoms with van der Waals surface area (Å²) >= 11 is 0. The van der Waals surface area contributed by atoms with E-state index in [0.29, 0.717) is 11.8 Å². The Kier molecular flexibility index (Phi) is 3.53. The van der Waals surface area contributed by atoms with Gasteiger partial charge in [-0.25, -0.2) is 4.98 Å². The third-order valence-electron chi connectivity index (χ3n) is 4.22. The molecule has 1 aliphatic heterocycles. The first-order valence-corrected chi connectivity index (χ1v) is 7.88. The van der Waals surface area contributed by atoms with Gasteiger partial charge in [0.2, 0.25) is 5.89 Å². The Hall–Kier alpha value is -2.70. The zero-order valence-electron chi connectivity index (χ0n) is 13.0. The van der Waals surface area contributed by atoms with Crippen molar-refractivity contribution in [3.63, 3.8) is 0 Å². The second kappa shape index (κ2) is 5.83. The van der Waals surface area contributed by atoms with Gasteiger partial charge in [0.05, 0.1) is 0 Å². The fourth-order valence-electron chi connectivity index (χ4n) is 2.99. The minimum atomic E-state index is 0.211. The lowest BCUT2D eigenvalue weighted by Gasteiger charge is -2.19. The molecule has 0 aliphatic carbocycles. The first kappa shape index (κ1) is 13.9. The van der Waals surface area contributed by atoms with Crippen LogP contribution in [0.3, 0.4) is 0 Å². The molecule has 118 valence electrons. The van der Waals surface area contributed by atoms with E-state index < -0.39 is 0 Å². The number of nitrogens with zero attached hydrogens (tertiary/aromatic N) is 6. The lowest BCUT2D eigenvalue weighted by atomic mass is 9.98. The molecule has 1 atom stereocenters. The highest BCUT2D eigenvalue weighted by Crippen LogP contribution is 2.29. The molecule has 3 heterocycles. The summed E-state index contributed by atoms with van der Waals surface area (Å²) in [6.45, 7) is 3.70. The van der Waals surface area contributed by atoms with E-state index in [0.717, 1.165) is 37.4 Å². The number of aromatic nitrogens is 5. The number of anilines is 2. The van der Waals surface area contributed by atoms with E-state index >= 15 is 0 Å². The number of rotatable bonds is 4. The highest BCUT2D eigenvalue weighted by atomic mass is 16.5. The van der Waals surface area contributed by atoms with E-state index in [9.17, 15) is 0 Å². The molecule has 0 saturated heterocycles. The maximum atomic E-state index is 5.54. The number of fused-ring (bicyclic) bond motifs is 1. The molecule has 1 aromatic carbocycles. The molecule has 1 unspecified atom stereocenters. The van der Waals surface area contributed by atoms with E-state index in [1.165, 1.54) is 0 Å². The summed E-state index contributed by atoms with van der Waals surface area (Å²) in [6.07, 6.45) is 3.33. The zero-order chi connectivity index (χ0) is 15.6. The molecule has 0 amide bonds. The van der Waals surface area contributed by atoms with Crippen LogP contribution in [0.5, 0.6) is 0 Å². The number of benzene rings is 1. The SMILES string of the molecule is CCN(c1ccccc1)c1noc(C2CCn3ncnc3C2)n1. The van der Waals surface area contributed by atoms with Gasteiger partial charge in [-0.1, -0.05) is 18.2 Å². The van der Waals surface area contributed by atoms with Gasteiger partial charge in [0.1, 0.15) is 12.2 Å². The summed E-state index contributed by atoms with van der Waals surface area (Å²) in [6, 6.07) is 10.1. The van der Waals surface area contributed by atoms with Crippen molar-refractivity contribution in [3.05, 3.63) is 48.4 Å². The van der Waals surface area contributed by atoms with Crippen LogP contribution in [-0.2, 0) is 13.0 Å². The third kappa shape index (κ3) is 2.58. The predicted molar refractivity (Wildman–Crippen MR) is 84.5 cm³/mol. The summed E-state index contributed by atoms with van der Waals surface area (Å²) in [4.78, 5) is 11.0. The first-order chi connectivity index (χ1) is 11.3. The van der Waals surface area contributed by atoms with Crippen LogP contribution >= 0.6 is 0 Å². The molecule has 1 aliphatic rings. The van der Waals surface area contributed by atoms with Crippen molar-refractivity contribution in [2.45, 2.75) is 32.2 Å². The number of hydrogen-bond acceptors (Lipinski definition) is 6. The third-order valence-corrected chi connectivity index (χ3v) is 4.22. The van der Waals surface area contributed by atoms with Crippen LogP contribution in [0.15, 0.2) is 41.2 Å². The number of aryl methyl sites for hydroxylation is 1. The van der Waals surface area contributed by atoms with Crippen LogP contribution < -0.4 is 4.90 Å². The van der Waals surface area contributed by atoms with Gasteiger partial charge < -0.3 is 9.42 Å². The van der Waals surface area contributed by atoms with Crippen LogP contribution in [-0.4, -0.2) is 31.4 Å². The van der Waals surface area contributed by atoms with Crippen LogP contribution in [0.1, 0.15) is 31.0 Å². The van der Waals surface area contributed by atoms with Gasteiger partial charge in [-0.2, -0.15) is 10.1 Å². The Balaban J connectivity index is 1.57. The molecule has 0 spiro atoms. The van der Waals surface area contributed by atoms with E-state index in [4.69, 9.17) is 4.52 Å². The fourth-order valence-corrected chi connectivity index (χ4v) is 2.99. The van der Waals surface area contributed by atoms with E-state index in [-0.39, 0.29) is 5.92 Å². The minimum absolute atomic E-state index is 0.211. The van der Waals surface area contributed by atoms with Gasteiger partial charge in [-0.15, -0.1) is 0 Å². The highest BCUT2D eigenvalue weighted by molar-refractivity contribution is 5.56. The van der Waals surface area contributed by atoms with E-state index in [1.54, 1.807) is 6.33 Å². The Labute approximate surface area is 134 Å².